The third-order valence-electron chi connectivity index (χ3n) is 2.58. The van der Waals surface area contributed by atoms with E-state index in [9.17, 15) is 9.18 Å². The summed E-state index contributed by atoms with van der Waals surface area (Å²) < 4.78 is 19.0. The van der Waals surface area contributed by atoms with Gasteiger partial charge in [0.2, 0.25) is 5.91 Å². The van der Waals surface area contributed by atoms with Crippen molar-refractivity contribution in [3.8, 4) is 5.75 Å². The summed E-state index contributed by atoms with van der Waals surface area (Å²) in [4.78, 5) is 11.0. The van der Waals surface area contributed by atoms with Crippen molar-refractivity contribution in [2.45, 2.75) is 32.9 Å². The fourth-order valence-corrected chi connectivity index (χ4v) is 1.47. The van der Waals surface area contributed by atoms with Gasteiger partial charge in [-0.05, 0) is 17.7 Å². The van der Waals surface area contributed by atoms with Crippen molar-refractivity contribution in [3.63, 3.8) is 0 Å². The van der Waals surface area contributed by atoms with Gasteiger partial charge in [0.05, 0.1) is 13.0 Å². The van der Waals surface area contributed by atoms with E-state index in [0.29, 0.717) is 12.6 Å². The van der Waals surface area contributed by atoms with E-state index in [-0.39, 0.29) is 24.7 Å². The van der Waals surface area contributed by atoms with Crippen molar-refractivity contribution >= 4 is 5.91 Å². The molecule has 0 aliphatic rings. The van der Waals surface area contributed by atoms with Crippen molar-refractivity contribution in [2.24, 2.45) is 0 Å². The fourth-order valence-electron chi connectivity index (χ4n) is 1.47. The van der Waals surface area contributed by atoms with Crippen LogP contribution in [0, 0.1) is 5.82 Å². The Kier molecular flexibility index (Phi) is 6.29. The maximum Gasteiger partial charge on any atom is 0.223 e. The molecule has 4 nitrogen and oxygen atoms in total. The minimum atomic E-state index is -0.403. The lowest BCUT2D eigenvalue weighted by Gasteiger charge is -2.10. The molecule has 0 fully saturated rings. The predicted octanol–water partition coefficient (Wildman–Crippen LogP) is 1.84. The molecule has 1 rings (SSSR count). The van der Waals surface area contributed by atoms with Gasteiger partial charge in [0.25, 0.3) is 0 Å². The molecular formula is C14H21FN2O2. The molecule has 0 aliphatic carbocycles. The number of benzene rings is 1. The molecule has 5 heteroatoms. The Balaban J connectivity index is 2.50. The van der Waals surface area contributed by atoms with Gasteiger partial charge < -0.3 is 15.4 Å². The van der Waals surface area contributed by atoms with Crippen LogP contribution in [-0.2, 0) is 11.3 Å². The van der Waals surface area contributed by atoms with E-state index in [2.05, 4.69) is 10.6 Å². The SMILES string of the molecule is CNC(=O)CCOc1ccc(CNC(C)C)cc1F. The van der Waals surface area contributed by atoms with E-state index in [0.717, 1.165) is 5.56 Å². The Morgan fingerprint density at radius 1 is 1.42 bits per heavy atom. The molecule has 0 unspecified atom stereocenters. The number of halogens is 1. The summed E-state index contributed by atoms with van der Waals surface area (Å²) >= 11 is 0. The van der Waals surface area contributed by atoms with Crippen LogP contribution in [0.3, 0.4) is 0 Å². The molecule has 1 aromatic carbocycles. The third-order valence-corrected chi connectivity index (χ3v) is 2.58. The topological polar surface area (TPSA) is 50.4 Å². The van der Waals surface area contributed by atoms with E-state index in [1.807, 2.05) is 19.9 Å². The lowest BCUT2D eigenvalue weighted by atomic mass is 10.2. The predicted molar refractivity (Wildman–Crippen MR) is 72.6 cm³/mol. The van der Waals surface area contributed by atoms with Gasteiger partial charge in [0, 0.05) is 19.6 Å². The summed E-state index contributed by atoms with van der Waals surface area (Å²) in [5.41, 5.74) is 0.866. The summed E-state index contributed by atoms with van der Waals surface area (Å²) in [6.45, 7) is 4.85. The molecule has 0 saturated heterocycles. The first-order chi connectivity index (χ1) is 9.02. The number of ether oxygens (including phenoxy) is 1. The molecule has 19 heavy (non-hydrogen) atoms. The van der Waals surface area contributed by atoms with Crippen LogP contribution in [0.4, 0.5) is 4.39 Å². The highest BCUT2D eigenvalue weighted by atomic mass is 19.1. The van der Waals surface area contributed by atoms with Crippen LogP contribution in [-0.4, -0.2) is 25.6 Å². The molecule has 0 saturated carbocycles. The molecule has 0 atom stereocenters. The zero-order valence-electron chi connectivity index (χ0n) is 11.6. The fraction of sp³-hybridized carbons (Fsp3) is 0.500. The van der Waals surface area contributed by atoms with Gasteiger partial charge in [0.1, 0.15) is 0 Å². The third kappa shape index (κ3) is 5.70. The second kappa shape index (κ2) is 7.74. The van der Waals surface area contributed by atoms with Crippen molar-refractivity contribution in [3.05, 3.63) is 29.6 Å². The van der Waals surface area contributed by atoms with E-state index >= 15 is 0 Å². The van der Waals surface area contributed by atoms with Gasteiger partial charge in [-0.1, -0.05) is 19.9 Å². The molecule has 106 valence electrons. The first-order valence-electron chi connectivity index (χ1n) is 6.38. The maximum atomic E-state index is 13.7. The number of hydrogen-bond acceptors (Lipinski definition) is 3. The van der Waals surface area contributed by atoms with Gasteiger partial charge >= 0.3 is 0 Å². The second-order valence-electron chi connectivity index (χ2n) is 4.57. The lowest BCUT2D eigenvalue weighted by Crippen LogP contribution is -2.22. The molecular weight excluding hydrogens is 247 g/mol. The van der Waals surface area contributed by atoms with Crippen molar-refractivity contribution in [1.82, 2.24) is 10.6 Å². The molecule has 2 N–H and O–H groups in total. The molecule has 0 bridgehead atoms. The average Bonchev–Trinajstić information content (AvgIpc) is 2.38. The second-order valence-corrected chi connectivity index (χ2v) is 4.57. The number of carbonyl (C=O) groups is 1. The van der Waals surface area contributed by atoms with Crippen LogP contribution in [0.25, 0.3) is 0 Å². The standard InChI is InChI=1S/C14H21FN2O2/c1-10(2)17-9-11-4-5-13(12(15)8-11)19-7-6-14(18)16-3/h4-5,8,10,17H,6-7,9H2,1-3H3,(H,16,18). The Labute approximate surface area is 113 Å². The van der Waals surface area contributed by atoms with Crippen LogP contribution in [0.5, 0.6) is 5.75 Å². The van der Waals surface area contributed by atoms with Crippen LogP contribution in [0.15, 0.2) is 18.2 Å². The van der Waals surface area contributed by atoms with E-state index in [1.165, 1.54) is 6.07 Å². The van der Waals surface area contributed by atoms with E-state index < -0.39 is 5.82 Å². The molecule has 0 heterocycles. The average molecular weight is 268 g/mol. The molecule has 0 radical (unpaired) electrons. The number of amides is 1. The molecule has 0 spiro atoms. The Morgan fingerprint density at radius 2 is 2.16 bits per heavy atom. The van der Waals surface area contributed by atoms with Gasteiger partial charge in [-0.3, -0.25) is 4.79 Å². The highest BCUT2D eigenvalue weighted by Crippen LogP contribution is 2.18. The maximum absolute atomic E-state index is 13.7. The van der Waals surface area contributed by atoms with Gasteiger partial charge in [-0.15, -0.1) is 0 Å². The Morgan fingerprint density at radius 3 is 2.74 bits per heavy atom. The smallest absolute Gasteiger partial charge is 0.223 e. The van der Waals surface area contributed by atoms with Crippen LogP contribution in [0.1, 0.15) is 25.8 Å². The summed E-state index contributed by atoms with van der Waals surface area (Å²) in [6, 6.07) is 5.21. The van der Waals surface area contributed by atoms with Crippen molar-refractivity contribution in [2.75, 3.05) is 13.7 Å². The molecule has 1 amide bonds. The quantitative estimate of drug-likeness (QED) is 0.793. The lowest BCUT2D eigenvalue weighted by molar-refractivity contribution is -0.121. The van der Waals surface area contributed by atoms with Gasteiger partial charge in [-0.2, -0.15) is 0 Å². The Bertz CT molecular complexity index is 422. The number of nitrogens with one attached hydrogen (secondary N) is 2. The number of hydrogen-bond donors (Lipinski definition) is 2. The number of rotatable bonds is 7. The summed E-state index contributed by atoms with van der Waals surface area (Å²) in [7, 11) is 1.55. The van der Waals surface area contributed by atoms with Crippen LogP contribution < -0.4 is 15.4 Å². The summed E-state index contributed by atoms with van der Waals surface area (Å²) in [5, 5.41) is 5.70. The largest absolute Gasteiger partial charge is 0.490 e. The highest BCUT2D eigenvalue weighted by Gasteiger charge is 2.06. The molecule has 0 aromatic heterocycles. The minimum absolute atomic E-state index is 0.127. The van der Waals surface area contributed by atoms with E-state index in [1.54, 1.807) is 13.1 Å². The highest BCUT2D eigenvalue weighted by molar-refractivity contribution is 5.75. The van der Waals surface area contributed by atoms with E-state index in [4.69, 9.17) is 4.74 Å². The van der Waals surface area contributed by atoms with Gasteiger partial charge in [0.15, 0.2) is 11.6 Å². The first-order valence-corrected chi connectivity index (χ1v) is 6.38. The Hall–Kier alpha value is -1.62. The summed E-state index contributed by atoms with van der Waals surface area (Å²) in [6.07, 6.45) is 0.215. The number of carbonyl (C=O) groups excluding carboxylic acids is 1. The van der Waals surface area contributed by atoms with Crippen molar-refractivity contribution < 1.29 is 13.9 Å². The van der Waals surface area contributed by atoms with Crippen LogP contribution >= 0.6 is 0 Å². The minimum Gasteiger partial charge on any atom is -0.490 e. The molecule has 1 aromatic rings. The van der Waals surface area contributed by atoms with Crippen LogP contribution in [0.2, 0.25) is 0 Å². The first kappa shape index (κ1) is 15.4. The van der Waals surface area contributed by atoms with Crippen molar-refractivity contribution in [1.29, 1.82) is 0 Å². The summed E-state index contributed by atoms with van der Waals surface area (Å²) in [5.74, 6) is -0.352. The molecule has 0 aliphatic heterocycles. The van der Waals surface area contributed by atoms with Gasteiger partial charge in [-0.25, -0.2) is 4.39 Å². The normalized spacial score (nSPS) is 10.6. The monoisotopic (exact) mass is 268 g/mol. The zero-order valence-corrected chi connectivity index (χ0v) is 11.6. The zero-order chi connectivity index (χ0) is 14.3.